The van der Waals surface area contributed by atoms with E-state index in [0.29, 0.717) is 24.6 Å². The zero-order valence-electron chi connectivity index (χ0n) is 14.1. The Morgan fingerprint density at radius 1 is 1.04 bits per heavy atom. The third kappa shape index (κ3) is 6.60. The number of carbonyl (C=O) groups excluding carboxylic acids is 1. The SMILES string of the molecule is CN(C)CCOc1ccc(CNC(=O)Cc2ccc(Cl)cc2)cc1. The van der Waals surface area contributed by atoms with E-state index in [-0.39, 0.29) is 5.91 Å². The van der Waals surface area contributed by atoms with Crippen LogP contribution in [-0.4, -0.2) is 38.1 Å². The number of nitrogens with one attached hydrogen (secondary N) is 1. The largest absolute Gasteiger partial charge is 0.492 e. The van der Waals surface area contributed by atoms with Crippen LogP contribution in [0.15, 0.2) is 48.5 Å². The monoisotopic (exact) mass is 346 g/mol. The summed E-state index contributed by atoms with van der Waals surface area (Å²) >= 11 is 5.84. The van der Waals surface area contributed by atoms with Crippen LogP contribution < -0.4 is 10.1 Å². The van der Waals surface area contributed by atoms with Gasteiger partial charge in [-0.25, -0.2) is 0 Å². The predicted molar refractivity (Wildman–Crippen MR) is 97.5 cm³/mol. The maximum atomic E-state index is 12.0. The van der Waals surface area contributed by atoms with Crippen LogP contribution in [-0.2, 0) is 17.8 Å². The molecule has 0 radical (unpaired) electrons. The van der Waals surface area contributed by atoms with Gasteiger partial charge in [0.25, 0.3) is 0 Å². The number of rotatable bonds is 8. The second-order valence-corrected chi connectivity index (χ2v) is 6.31. The van der Waals surface area contributed by atoms with E-state index in [1.807, 2.05) is 50.5 Å². The fourth-order valence-corrected chi connectivity index (χ4v) is 2.23. The van der Waals surface area contributed by atoms with Crippen LogP contribution in [0.4, 0.5) is 0 Å². The average Bonchev–Trinajstić information content (AvgIpc) is 2.56. The summed E-state index contributed by atoms with van der Waals surface area (Å²) in [5.74, 6) is 0.830. The summed E-state index contributed by atoms with van der Waals surface area (Å²) in [4.78, 5) is 14.0. The van der Waals surface area contributed by atoms with Crippen LogP contribution in [0.25, 0.3) is 0 Å². The summed E-state index contributed by atoms with van der Waals surface area (Å²) < 4.78 is 5.65. The van der Waals surface area contributed by atoms with E-state index in [9.17, 15) is 4.79 Å². The average molecular weight is 347 g/mol. The van der Waals surface area contributed by atoms with Gasteiger partial charge in [-0.15, -0.1) is 0 Å². The van der Waals surface area contributed by atoms with Gasteiger partial charge in [0.2, 0.25) is 5.91 Å². The molecule has 4 nitrogen and oxygen atoms in total. The molecule has 24 heavy (non-hydrogen) atoms. The van der Waals surface area contributed by atoms with Gasteiger partial charge in [-0.3, -0.25) is 4.79 Å². The van der Waals surface area contributed by atoms with E-state index in [4.69, 9.17) is 16.3 Å². The van der Waals surface area contributed by atoms with E-state index < -0.39 is 0 Å². The first-order valence-corrected chi connectivity index (χ1v) is 8.28. The van der Waals surface area contributed by atoms with Crippen LogP contribution in [0.2, 0.25) is 5.02 Å². The van der Waals surface area contributed by atoms with Gasteiger partial charge >= 0.3 is 0 Å². The first-order valence-electron chi connectivity index (χ1n) is 7.90. The summed E-state index contributed by atoms with van der Waals surface area (Å²) in [7, 11) is 4.03. The maximum absolute atomic E-state index is 12.0. The van der Waals surface area contributed by atoms with E-state index in [1.165, 1.54) is 0 Å². The molecule has 0 saturated heterocycles. The molecule has 0 aliphatic carbocycles. The Morgan fingerprint density at radius 2 is 1.67 bits per heavy atom. The van der Waals surface area contributed by atoms with Gasteiger partial charge in [0.05, 0.1) is 6.42 Å². The molecule has 0 spiro atoms. The highest BCUT2D eigenvalue weighted by Gasteiger charge is 2.04. The fraction of sp³-hybridized carbons (Fsp3) is 0.316. The van der Waals surface area contributed by atoms with E-state index in [1.54, 1.807) is 12.1 Å². The zero-order chi connectivity index (χ0) is 17.4. The highest BCUT2D eigenvalue weighted by atomic mass is 35.5. The maximum Gasteiger partial charge on any atom is 0.224 e. The van der Waals surface area contributed by atoms with E-state index in [2.05, 4.69) is 10.2 Å². The summed E-state index contributed by atoms with van der Waals surface area (Å²) in [6, 6.07) is 15.1. The minimum absolute atomic E-state index is 0.0105. The van der Waals surface area contributed by atoms with E-state index in [0.717, 1.165) is 23.4 Å². The third-order valence-corrected chi connectivity index (χ3v) is 3.75. The van der Waals surface area contributed by atoms with Crippen molar-refractivity contribution in [1.29, 1.82) is 0 Å². The second kappa shape index (κ2) is 9.30. The normalized spacial score (nSPS) is 10.7. The molecule has 0 unspecified atom stereocenters. The van der Waals surface area contributed by atoms with Crippen LogP contribution >= 0.6 is 11.6 Å². The van der Waals surface area contributed by atoms with Crippen LogP contribution in [0.5, 0.6) is 5.75 Å². The molecule has 0 atom stereocenters. The molecule has 1 N–H and O–H groups in total. The van der Waals surface area contributed by atoms with Gasteiger partial charge in [-0.2, -0.15) is 0 Å². The van der Waals surface area contributed by atoms with Crippen LogP contribution in [0.3, 0.4) is 0 Å². The first kappa shape index (κ1) is 18.3. The molecule has 0 bridgehead atoms. The van der Waals surface area contributed by atoms with Gasteiger partial charge in [0.15, 0.2) is 0 Å². The third-order valence-electron chi connectivity index (χ3n) is 3.50. The first-order chi connectivity index (χ1) is 11.5. The Bertz CT molecular complexity index is 639. The highest BCUT2D eigenvalue weighted by molar-refractivity contribution is 6.30. The van der Waals surface area contributed by atoms with Gasteiger partial charge in [-0.05, 0) is 49.5 Å². The summed E-state index contributed by atoms with van der Waals surface area (Å²) in [5, 5.41) is 3.59. The van der Waals surface area contributed by atoms with Crippen molar-refractivity contribution in [2.45, 2.75) is 13.0 Å². The van der Waals surface area contributed by atoms with Gasteiger partial charge in [-0.1, -0.05) is 35.9 Å². The van der Waals surface area contributed by atoms with Crippen LogP contribution in [0.1, 0.15) is 11.1 Å². The highest BCUT2D eigenvalue weighted by Crippen LogP contribution is 2.12. The minimum Gasteiger partial charge on any atom is -0.492 e. The number of nitrogens with zero attached hydrogens (tertiary/aromatic N) is 1. The Balaban J connectivity index is 1.75. The molecule has 1 amide bonds. The Labute approximate surface area is 148 Å². The molecular formula is C19H23ClN2O2. The fourth-order valence-electron chi connectivity index (χ4n) is 2.10. The molecule has 0 saturated carbocycles. The number of carbonyl (C=O) groups is 1. The number of amides is 1. The molecule has 0 aromatic heterocycles. The van der Waals surface area contributed by atoms with Crippen molar-refractivity contribution in [2.24, 2.45) is 0 Å². The van der Waals surface area contributed by atoms with Crippen molar-refractivity contribution in [2.75, 3.05) is 27.2 Å². The molecule has 0 heterocycles. The molecule has 128 valence electrons. The van der Waals surface area contributed by atoms with Gasteiger partial charge in [0, 0.05) is 18.1 Å². The molecule has 2 aromatic rings. The predicted octanol–water partition coefficient (Wildman–Crippen LogP) is 3.14. The lowest BCUT2D eigenvalue weighted by molar-refractivity contribution is -0.120. The number of likely N-dealkylation sites (N-methyl/N-ethyl adjacent to an activating group) is 1. The molecule has 0 aliphatic heterocycles. The molecule has 0 aliphatic rings. The Kier molecular flexibility index (Phi) is 7.09. The number of hydrogen-bond acceptors (Lipinski definition) is 3. The topological polar surface area (TPSA) is 41.6 Å². The van der Waals surface area contributed by atoms with Crippen molar-refractivity contribution in [3.63, 3.8) is 0 Å². The van der Waals surface area contributed by atoms with Gasteiger partial charge in [0.1, 0.15) is 12.4 Å². The number of hydrogen-bond donors (Lipinski definition) is 1. The van der Waals surface area contributed by atoms with Crippen molar-refractivity contribution >= 4 is 17.5 Å². The number of ether oxygens (including phenoxy) is 1. The Hall–Kier alpha value is -2.04. The summed E-state index contributed by atoms with van der Waals surface area (Å²) in [6.07, 6.45) is 0.350. The quantitative estimate of drug-likeness (QED) is 0.798. The lowest BCUT2D eigenvalue weighted by Crippen LogP contribution is -2.24. The van der Waals surface area contributed by atoms with Crippen molar-refractivity contribution in [1.82, 2.24) is 10.2 Å². The molecule has 5 heteroatoms. The van der Waals surface area contributed by atoms with Crippen molar-refractivity contribution in [3.05, 3.63) is 64.7 Å². The summed E-state index contributed by atoms with van der Waals surface area (Å²) in [6.45, 7) is 2.04. The lowest BCUT2D eigenvalue weighted by atomic mass is 10.1. The molecule has 2 aromatic carbocycles. The summed E-state index contributed by atoms with van der Waals surface area (Å²) in [5.41, 5.74) is 1.99. The number of halogens is 1. The second-order valence-electron chi connectivity index (χ2n) is 5.88. The Morgan fingerprint density at radius 3 is 2.29 bits per heavy atom. The number of benzene rings is 2. The molecule has 2 rings (SSSR count). The smallest absolute Gasteiger partial charge is 0.224 e. The van der Waals surface area contributed by atoms with Crippen LogP contribution in [0, 0.1) is 0 Å². The van der Waals surface area contributed by atoms with E-state index >= 15 is 0 Å². The minimum atomic E-state index is -0.0105. The standard InChI is InChI=1S/C19H23ClN2O2/c1-22(2)11-12-24-18-9-5-16(6-10-18)14-21-19(23)13-15-3-7-17(20)8-4-15/h3-10H,11-14H2,1-2H3,(H,21,23). The zero-order valence-corrected chi connectivity index (χ0v) is 14.8. The van der Waals surface area contributed by atoms with Crippen molar-refractivity contribution < 1.29 is 9.53 Å². The lowest BCUT2D eigenvalue weighted by Gasteiger charge is -2.11. The van der Waals surface area contributed by atoms with Gasteiger partial charge < -0.3 is 15.0 Å². The molecule has 0 fully saturated rings. The van der Waals surface area contributed by atoms with Crippen molar-refractivity contribution in [3.8, 4) is 5.75 Å². The molecular weight excluding hydrogens is 324 g/mol.